The number of aromatic nitrogens is 2. The predicted octanol–water partition coefficient (Wildman–Crippen LogP) is 4.46. The highest BCUT2D eigenvalue weighted by Crippen LogP contribution is 2.30. The SMILES string of the molecule is COC=C(Cc1csc2nc(-c3ccc(OC(F)(F)C(F)F)cc3)cn12)C(=O)O. The fraction of sp³-hybridized carbons (Fsp3) is 0.222. The van der Waals surface area contributed by atoms with Crippen molar-refractivity contribution in [2.75, 3.05) is 7.11 Å². The Balaban J connectivity index is 1.83. The zero-order chi connectivity index (χ0) is 21.2. The van der Waals surface area contributed by atoms with Crippen LogP contribution < -0.4 is 4.74 Å². The minimum absolute atomic E-state index is 0.0592. The molecule has 2 aromatic heterocycles. The molecule has 0 saturated heterocycles. The van der Waals surface area contributed by atoms with Gasteiger partial charge < -0.3 is 14.6 Å². The summed E-state index contributed by atoms with van der Waals surface area (Å²) in [5, 5.41) is 11.0. The van der Waals surface area contributed by atoms with E-state index in [2.05, 4.69) is 9.72 Å². The van der Waals surface area contributed by atoms with Crippen LogP contribution >= 0.6 is 11.3 Å². The summed E-state index contributed by atoms with van der Waals surface area (Å²) in [4.78, 5) is 16.3. The molecule has 0 saturated carbocycles. The number of fused-ring (bicyclic) bond motifs is 1. The molecule has 0 radical (unpaired) electrons. The summed E-state index contributed by atoms with van der Waals surface area (Å²) in [5.74, 6) is -1.51. The number of carboxylic acids is 1. The molecule has 29 heavy (non-hydrogen) atoms. The van der Waals surface area contributed by atoms with Gasteiger partial charge in [0.1, 0.15) is 5.75 Å². The summed E-state index contributed by atoms with van der Waals surface area (Å²) in [6, 6.07) is 5.11. The van der Waals surface area contributed by atoms with Crippen molar-refractivity contribution in [3.8, 4) is 17.0 Å². The van der Waals surface area contributed by atoms with E-state index in [1.807, 2.05) is 0 Å². The number of aliphatic carboxylic acids is 1. The standard InChI is InChI=1S/C18H14F4N2O4S/c1-27-8-11(15(25)26)6-12-9-29-17-23-14(7-24(12)17)10-2-4-13(5-3-10)28-18(21,22)16(19)20/h2-5,7-9,16H,6H2,1H3,(H,25,26). The van der Waals surface area contributed by atoms with E-state index in [9.17, 15) is 27.5 Å². The van der Waals surface area contributed by atoms with Gasteiger partial charge in [0.15, 0.2) is 4.96 Å². The van der Waals surface area contributed by atoms with Gasteiger partial charge in [0.25, 0.3) is 0 Å². The van der Waals surface area contributed by atoms with Gasteiger partial charge in [0.05, 0.1) is 24.6 Å². The average molecular weight is 430 g/mol. The maximum absolute atomic E-state index is 13.0. The van der Waals surface area contributed by atoms with Crippen LogP contribution in [0.4, 0.5) is 17.6 Å². The van der Waals surface area contributed by atoms with E-state index < -0.39 is 24.3 Å². The van der Waals surface area contributed by atoms with Gasteiger partial charge in [-0.25, -0.2) is 9.78 Å². The molecule has 154 valence electrons. The molecule has 2 heterocycles. The highest BCUT2D eigenvalue weighted by atomic mass is 32.1. The fourth-order valence-electron chi connectivity index (χ4n) is 2.50. The van der Waals surface area contributed by atoms with Crippen molar-refractivity contribution in [3.05, 3.63) is 53.4 Å². The number of imidazole rings is 1. The molecular weight excluding hydrogens is 416 g/mol. The Labute approximate surface area is 165 Å². The number of hydrogen-bond acceptors (Lipinski definition) is 5. The molecule has 6 nitrogen and oxygen atoms in total. The fourth-order valence-corrected chi connectivity index (χ4v) is 3.37. The van der Waals surface area contributed by atoms with Crippen molar-refractivity contribution in [1.29, 1.82) is 0 Å². The lowest BCUT2D eigenvalue weighted by Gasteiger charge is -2.16. The van der Waals surface area contributed by atoms with Crippen LogP contribution in [0.2, 0.25) is 0 Å². The average Bonchev–Trinajstić information content (AvgIpc) is 3.23. The van der Waals surface area contributed by atoms with Crippen molar-refractivity contribution in [1.82, 2.24) is 9.38 Å². The first-order valence-electron chi connectivity index (χ1n) is 8.07. The lowest BCUT2D eigenvalue weighted by atomic mass is 10.1. The molecule has 0 amide bonds. The number of rotatable bonds is 8. The largest absolute Gasteiger partial charge is 0.504 e. The van der Waals surface area contributed by atoms with Crippen LogP contribution in [0.3, 0.4) is 0 Å². The van der Waals surface area contributed by atoms with Crippen molar-refractivity contribution in [2.24, 2.45) is 0 Å². The van der Waals surface area contributed by atoms with Gasteiger partial charge in [-0.1, -0.05) is 0 Å². The molecular formula is C18H14F4N2O4S. The number of alkyl halides is 4. The smallest absolute Gasteiger partial charge is 0.461 e. The number of nitrogens with zero attached hydrogens (tertiary/aromatic N) is 2. The monoisotopic (exact) mass is 430 g/mol. The predicted molar refractivity (Wildman–Crippen MR) is 96.5 cm³/mol. The molecule has 0 atom stereocenters. The van der Waals surface area contributed by atoms with E-state index in [-0.39, 0.29) is 12.0 Å². The second-order valence-electron chi connectivity index (χ2n) is 5.86. The molecule has 0 aliphatic rings. The van der Waals surface area contributed by atoms with Crippen LogP contribution in [0.25, 0.3) is 16.2 Å². The van der Waals surface area contributed by atoms with Crippen LogP contribution in [0.1, 0.15) is 5.69 Å². The quantitative estimate of drug-likeness (QED) is 0.325. The molecule has 1 N–H and O–H groups in total. The van der Waals surface area contributed by atoms with Crippen molar-refractivity contribution < 1.29 is 36.9 Å². The Kier molecular flexibility index (Phi) is 5.78. The summed E-state index contributed by atoms with van der Waals surface area (Å²) in [6.07, 6.45) is -5.60. The topological polar surface area (TPSA) is 73.1 Å². The van der Waals surface area contributed by atoms with Gasteiger partial charge in [-0.3, -0.25) is 4.40 Å². The highest BCUT2D eigenvalue weighted by Gasteiger charge is 2.43. The van der Waals surface area contributed by atoms with E-state index in [4.69, 9.17) is 4.74 Å². The number of carbonyl (C=O) groups is 1. The van der Waals surface area contributed by atoms with Crippen LogP contribution in [-0.4, -0.2) is 40.1 Å². The molecule has 3 aromatic rings. The Morgan fingerprint density at radius 2 is 2.03 bits per heavy atom. The van der Waals surface area contributed by atoms with Crippen molar-refractivity contribution >= 4 is 22.3 Å². The van der Waals surface area contributed by atoms with Crippen LogP contribution in [0.15, 0.2) is 47.7 Å². The Morgan fingerprint density at radius 3 is 2.62 bits per heavy atom. The third kappa shape index (κ3) is 4.50. The number of ether oxygens (including phenoxy) is 2. The number of thiazole rings is 1. The first-order valence-corrected chi connectivity index (χ1v) is 8.95. The number of methoxy groups -OCH3 is 1. The second kappa shape index (κ2) is 8.11. The minimum atomic E-state index is -4.58. The highest BCUT2D eigenvalue weighted by molar-refractivity contribution is 7.15. The molecule has 0 aliphatic heterocycles. The summed E-state index contributed by atoms with van der Waals surface area (Å²) in [7, 11) is 1.35. The summed E-state index contributed by atoms with van der Waals surface area (Å²) < 4.78 is 60.9. The summed E-state index contributed by atoms with van der Waals surface area (Å²) >= 11 is 1.30. The molecule has 0 unspecified atom stereocenters. The molecule has 0 fully saturated rings. The van der Waals surface area contributed by atoms with E-state index in [1.165, 1.54) is 30.6 Å². The summed E-state index contributed by atoms with van der Waals surface area (Å²) in [5.41, 5.74) is 1.78. The lowest BCUT2D eigenvalue weighted by Crippen LogP contribution is -2.33. The molecule has 0 spiro atoms. The Morgan fingerprint density at radius 1 is 1.34 bits per heavy atom. The lowest BCUT2D eigenvalue weighted by molar-refractivity contribution is -0.253. The molecule has 0 aliphatic carbocycles. The first-order chi connectivity index (χ1) is 13.7. The van der Waals surface area contributed by atoms with Crippen LogP contribution in [0, 0.1) is 0 Å². The summed E-state index contributed by atoms with van der Waals surface area (Å²) in [6.45, 7) is 0. The number of benzene rings is 1. The molecule has 0 bridgehead atoms. The van der Waals surface area contributed by atoms with Crippen molar-refractivity contribution in [2.45, 2.75) is 19.0 Å². The zero-order valence-electron chi connectivity index (χ0n) is 14.8. The molecule has 11 heteroatoms. The maximum atomic E-state index is 13.0. The Hall–Kier alpha value is -3.08. The van der Waals surface area contributed by atoms with Crippen LogP contribution in [-0.2, 0) is 16.0 Å². The number of halogens is 4. The van der Waals surface area contributed by atoms with Crippen LogP contribution in [0.5, 0.6) is 5.75 Å². The zero-order valence-corrected chi connectivity index (χ0v) is 15.6. The number of hydrogen-bond donors (Lipinski definition) is 1. The van der Waals surface area contributed by atoms with Gasteiger partial charge >= 0.3 is 18.5 Å². The third-order valence-electron chi connectivity index (χ3n) is 3.85. The van der Waals surface area contributed by atoms with E-state index in [1.54, 1.807) is 16.0 Å². The molecule has 3 rings (SSSR count). The van der Waals surface area contributed by atoms with Gasteiger partial charge in [-0.05, 0) is 24.3 Å². The third-order valence-corrected chi connectivity index (χ3v) is 4.74. The number of carboxylic acid groups (broad SMARTS) is 1. The van der Waals surface area contributed by atoms with E-state index in [0.29, 0.717) is 21.9 Å². The van der Waals surface area contributed by atoms with E-state index in [0.717, 1.165) is 18.4 Å². The van der Waals surface area contributed by atoms with Gasteiger partial charge in [0.2, 0.25) is 0 Å². The van der Waals surface area contributed by atoms with E-state index >= 15 is 0 Å². The van der Waals surface area contributed by atoms with Gasteiger partial charge in [0, 0.05) is 29.3 Å². The van der Waals surface area contributed by atoms with Crippen molar-refractivity contribution in [3.63, 3.8) is 0 Å². The normalized spacial score (nSPS) is 12.6. The molecule has 1 aromatic carbocycles. The van der Waals surface area contributed by atoms with Gasteiger partial charge in [-0.15, -0.1) is 11.3 Å². The Bertz CT molecular complexity index is 1040. The maximum Gasteiger partial charge on any atom is 0.461 e. The minimum Gasteiger partial charge on any atom is -0.504 e. The first kappa shape index (κ1) is 20.6. The van der Waals surface area contributed by atoms with Gasteiger partial charge in [-0.2, -0.15) is 17.6 Å². The second-order valence-corrected chi connectivity index (χ2v) is 6.69.